The summed E-state index contributed by atoms with van der Waals surface area (Å²) in [5.41, 5.74) is 2.27. The average molecular weight is 814 g/mol. The smallest absolute Gasteiger partial charge is 0.175 e. The van der Waals surface area contributed by atoms with Crippen LogP contribution < -0.4 is 23.7 Å². The maximum Gasteiger partial charge on any atom is 0.175 e. The molecule has 0 bridgehead atoms. The summed E-state index contributed by atoms with van der Waals surface area (Å²) in [4.78, 5) is 0. The number of hydrogen-bond acceptors (Lipinski definition) is 5. The number of rotatable bonds is 26. The Hall–Kier alpha value is -3.64. The highest BCUT2D eigenvalue weighted by Crippen LogP contribution is 2.53. The van der Waals surface area contributed by atoms with Crippen molar-refractivity contribution in [2.45, 2.75) is 131 Å². The van der Waals surface area contributed by atoms with E-state index in [2.05, 4.69) is 111 Å². The molecule has 0 saturated carbocycles. The van der Waals surface area contributed by atoms with Gasteiger partial charge in [-0.15, -0.1) is 0 Å². The van der Waals surface area contributed by atoms with Crippen molar-refractivity contribution in [3.63, 3.8) is 0 Å². The summed E-state index contributed by atoms with van der Waals surface area (Å²) in [5, 5.41) is 6.52. The molecule has 0 aliphatic heterocycles. The fraction of sp³-hybridized carbons (Fsp3) is 0.510. The Bertz CT molecular complexity index is 1920. The van der Waals surface area contributed by atoms with Gasteiger partial charge in [0, 0.05) is 10.8 Å². The van der Waals surface area contributed by atoms with Gasteiger partial charge < -0.3 is 23.7 Å². The highest BCUT2D eigenvalue weighted by Gasteiger charge is 2.25. The molecule has 0 atom stereocenters. The van der Waals surface area contributed by atoms with Crippen LogP contribution in [0.5, 0.6) is 28.7 Å². The molecule has 5 nitrogen and oxygen atoms in total. The lowest BCUT2D eigenvalue weighted by atomic mass is 9.88. The second kappa shape index (κ2) is 22.8. The average Bonchev–Trinajstić information content (AvgIpc) is 3.21. The zero-order valence-electron chi connectivity index (χ0n) is 34.3. The Morgan fingerprint density at radius 2 is 0.927 bits per heavy atom. The Labute approximate surface area is 339 Å². The van der Waals surface area contributed by atoms with Gasteiger partial charge in [-0.1, -0.05) is 129 Å². The normalized spacial score (nSPS) is 11.5. The molecule has 0 unspecified atom stereocenters. The fourth-order valence-corrected chi connectivity index (χ4v) is 8.02. The molecule has 0 fully saturated rings. The van der Waals surface area contributed by atoms with Crippen molar-refractivity contribution in [3.05, 3.63) is 65.1 Å². The lowest BCUT2D eigenvalue weighted by Crippen LogP contribution is -2.06. The van der Waals surface area contributed by atoms with E-state index in [1.54, 1.807) is 0 Å². The Balaban J connectivity index is 1.89. The van der Waals surface area contributed by atoms with E-state index in [1.165, 1.54) is 0 Å². The molecule has 0 amide bonds. The standard InChI is InChI=1S/C49H65BrO5/c1-6-11-19-28-51-37-33-39(36-24-17-16-18-25-36)44-38-26-27-42(52-29-20-12-7-2)48(54-31-22-14-9-4)46(38)45-41(40(44)34-37)35-43(53-30-21-13-8-3)49(47(45)50)55-32-23-15-10-5/h16-18,24-27,33-35H,6-15,19-23,28-32H2,1-5H3. The van der Waals surface area contributed by atoms with E-state index in [9.17, 15) is 0 Å². The quantitative estimate of drug-likeness (QED) is 0.0411. The molecule has 298 valence electrons. The summed E-state index contributed by atoms with van der Waals surface area (Å²) in [5.74, 6) is 3.97. The fourth-order valence-electron chi connectivity index (χ4n) is 7.29. The van der Waals surface area contributed by atoms with Gasteiger partial charge in [0.25, 0.3) is 0 Å². The van der Waals surface area contributed by atoms with E-state index in [-0.39, 0.29) is 0 Å². The first-order valence-electron chi connectivity index (χ1n) is 21.5. The number of benzene rings is 5. The van der Waals surface area contributed by atoms with Gasteiger partial charge in [0.2, 0.25) is 0 Å². The molecule has 5 aromatic carbocycles. The second-order valence-corrected chi connectivity index (χ2v) is 15.6. The van der Waals surface area contributed by atoms with Crippen molar-refractivity contribution in [1.82, 2.24) is 0 Å². The number of halogens is 1. The molecular formula is C49H65BrO5. The molecule has 0 N–H and O–H groups in total. The molecule has 0 saturated heterocycles. The van der Waals surface area contributed by atoms with Gasteiger partial charge in [0.05, 0.1) is 37.5 Å². The van der Waals surface area contributed by atoms with Crippen LogP contribution in [0.15, 0.2) is 65.1 Å². The first-order chi connectivity index (χ1) is 27.1. The summed E-state index contributed by atoms with van der Waals surface area (Å²) in [6.45, 7) is 14.3. The van der Waals surface area contributed by atoms with Gasteiger partial charge in [-0.2, -0.15) is 0 Å². The number of hydrogen-bond donors (Lipinski definition) is 0. The summed E-state index contributed by atoms with van der Waals surface area (Å²) >= 11 is 4.16. The van der Waals surface area contributed by atoms with Crippen molar-refractivity contribution in [3.8, 4) is 39.9 Å². The van der Waals surface area contributed by atoms with E-state index < -0.39 is 0 Å². The van der Waals surface area contributed by atoms with Gasteiger partial charge in [-0.25, -0.2) is 0 Å². The topological polar surface area (TPSA) is 46.2 Å². The van der Waals surface area contributed by atoms with E-state index in [0.717, 1.165) is 173 Å². The number of fused-ring (bicyclic) bond motifs is 6. The highest BCUT2D eigenvalue weighted by atomic mass is 79.9. The maximum atomic E-state index is 6.90. The Morgan fingerprint density at radius 3 is 1.51 bits per heavy atom. The number of unbranched alkanes of at least 4 members (excludes halogenated alkanes) is 10. The van der Waals surface area contributed by atoms with Crippen LogP contribution in [0, 0.1) is 0 Å². The predicted octanol–water partition coefficient (Wildman–Crippen LogP) is 15.4. The summed E-state index contributed by atoms with van der Waals surface area (Å²) < 4.78 is 34.3. The molecule has 5 rings (SSSR count). The SMILES string of the molecule is CCCCCOc1cc(-c2ccccc2)c2c(c1)c1cc(OCCCCC)c(OCCCCC)c(Br)c1c1c(OCCCCC)c(OCCCCC)ccc21. The Morgan fingerprint density at radius 1 is 0.418 bits per heavy atom. The van der Waals surface area contributed by atoms with Crippen molar-refractivity contribution in [1.29, 1.82) is 0 Å². The molecule has 55 heavy (non-hydrogen) atoms. The predicted molar refractivity (Wildman–Crippen MR) is 237 cm³/mol. The molecule has 0 aliphatic rings. The summed E-state index contributed by atoms with van der Waals surface area (Å²) in [6.07, 6.45) is 16.3. The first kappa shape index (κ1) is 42.5. The van der Waals surface area contributed by atoms with Crippen LogP contribution in [0.4, 0.5) is 0 Å². The third-order valence-electron chi connectivity index (χ3n) is 10.3. The van der Waals surface area contributed by atoms with Gasteiger partial charge >= 0.3 is 0 Å². The van der Waals surface area contributed by atoms with Crippen LogP contribution in [0.25, 0.3) is 43.4 Å². The molecular weight excluding hydrogens is 748 g/mol. The Kier molecular flexibility index (Phi) is 17.6. The second-order valence-electron chi connectivity index (χ2n) is 14.8. The largest absolute Gasteiger partial charge is 0.494 e. The minimum atomic E-state index is 0.616. The molecule has 0 aliphatic carbocycles. The van der Waals surface area contributed by atoms with E-state index in [0.29, 0.717) is 33.0 Å². The van der Waals surface area contributed by atoms with E-state index in [4.69, 9.17) is 23.7 Å². The van der Waals surface area contributed by atoms with Gasteiger partial charge in [0.1, 0.15) is 5.75 Å². The first-order valence-corrected chi connectivity index (χ1v) is 22.3. The van der Waals surface area contributed by atoms with Crippen molar-refractivity contribution in [2.24, 2.45) is 0 Å². The van der Waals surface area contributed by atoms with E-state index >= 15 is 0 Å². The molecule has 0 spiro atoms. The van der Waals surface area contributed by atoms with Crippen LogP contribution in [0.3, 0.4) is 0 Å². The van der Waals surface area contributed by atoms with Crippen LogP contribution in [0.1, 0.15) is 131 Å². The van der Waals surface area contributed by atoms with Crippen LogP contribution in [-0.4, -0.2) is 33.0 Å². The zero-order chi connectivity index (χ0) is 38.8. The van der Waals surface area contributed by atoms with Crippen LogP contribution in [0.2, 0.25) is 0 Å². The summed E-state index contributed by atoms with van der Waals surface area (Å²) in [6, 6.07) is 21.8. The van der Waals surface area contributed by atoms with Crippen LogP contribution in [-0.2, 0) is 0 Å². The third-order valence-corrected chi connectivity index (χ3v) is 11.1. The molecule has 5 aromatic rings. The van der Waals surface area contributed by atoms with E-state index in [1.807, 2.05) is 0 Å². The zero-order valence-corrected chi connectivity index (χ0v) is 35.9. The lowest BCUT2D eigenvalue weighted by Gasteiger charge is -2.23. The van der Waals surface area contributed by atoms with Crippen LogP contribution >= 0.6 is 15.9 Å². The molecule has 0 aromatic heterocycles. The highest BCUT2D eigenvalue weighted by molar-refractivity contribution is 9.10. The van der Waals surface area contributed by atoms with Gasteiger partial charge in [-0.3, -0.25) is 0 Å². The minimum absolute atomic E-state index is 0.616. The van der Waals surface area contributed by atoms with Crippen molar-refractivity contribution < 1.29 is 23.7 Å². The maximum absolute atomic E-state index is 6.90. The summed E-state index contributed by atoms with van der Waals surface area (Å²) in [7, 11) is 0. The minimum Gasteiger partial charge on any atom is -0.494 e. The van der Waals surface area contributed by atoms with Crippen molar-refractivity contribution in [2.75, 3.05) is 33.0 Å². The third kappa shape index (κ3) is 11.0. The van der Waals surface area contributed by atoms with Gasteiger partial charge in [-0.05, 0) is 111 Å². The monoisotopic (exact) mass is 812 g/mol. The number of ether oxygens (including phenoxy) is 5. The molecule has 6 heteroatoms. The molecule has 0 heterocycles. The lowest BCUT2D eigenvalue weighted by molar-refractivity contribution is 0.259. The van der Waals surface area contributed by atoms with Crippen molar-refractivity contribution >= 4 is 48.2 Å². The van der Waals surface area contributed by atoms with Gasteiger partial charge in [0.15, 0.2) is 23.0 Å². The molecule has 0 radical (unpaired) electrons.